The number of hydrogen-bond donors (Lipinski definition) is 3. The first-order valence-corrected chi connectivity index (χ1v) is 7.42. The van der Waals surface area contributed by atoms with E-state index in [-0.39, 0.29) is 12.5 Å². The highest BCUT2D eigenvalue weighted by Crippen LogP contribution is 2.13. The summed E-state index contributed by atoms with van der Waals surface area (Å²) in [6.07, 6.45) is 4.27. The number of aromatic nitrogens is 2. The van der Waals surface area contributed by atoms with Crippen LogP contribution < -0.4 is 10.6 Å². The smallest absolute Gasteiger partial charge is 0.251 e. The number of rotatable bonds is 5. The van der Waals surface area contributed by atoms with E-state index in [1.54, 1.807) is 12.3 Å². The summed E-state index contributed by atoms with van der Waals surface area (Å²) >= 11 is 0. The third-order valence-electron chi connectivity index (χ3n) is 3.89. The van der Waals surface area contributed by atoms with Gasteiger partial charge in [-0.3, -0.25) is 9.48 Å². The standard InChI is InChI=1S/C16H20N4O2/c21-15(18-12-16(22)5-7-17-11-16)14-4-1-3-13(9-14)10-20-8-2-6-19-20/h1-4,6,8-9,17,22H,5,7,10-12H2,(H,18,21). The van der Waals surface area contributed by atoms with E-state index in [0.717, 1.165) is 12.1 Å². The Kier molecular flexibility index (Phi) is 4.22. The number of hydrogen-bond acceptors (Lipinski definition) is 4. The quantitative estimate of drug-likeness (QED) is 0.746. The molecule has 3 N–H and O–H groups in total. The fraction of sp³-hybridized carbons (Fsp3) is 0.375. The molecule has 0 aliphatic carbocycles. The first kappa shape index (κ1) is 14.7. The Morgan fingerprint density at radius 2 is 2.36 bits per heavy atom. The van der Waals surface area contributed by atoms with E-state index in [9.17, 15) is 9.90 Å². The molecule has 1 aromatic heterocycles. The minimum atomic E-state index is -0.831. The Morgan fingerprint density at radius 3 is 3.09 bits per heavy atom. The SMILES string of the molecule is O=C(NCC1(O)CCNC1)c1cccc(Cn2cccn2)c1. The molecule has 2 heterocycles. The minimum absolute atomic E-state index is 0.164. The van der Waals surface area contributed by atoms with Gasteiger partial charge in [0.05, 0.1) is 12.1 Å². The number of nitrogens with one attached hydrogen (secondary N) is 2. The molecule has 116 valence electrons. The average Bonchev–Trinajstić information content (AvgIpc) is 3.17. The number of carbonyl (C=O) groups is 1. The Labute approximate surface area is 129 Å². The molecule has 0 saturated carbocycles. The predicted octanol–water partition coefficient (Wildman–Crippen LogP) is 0.386. The van der Waals surface area contributed by atoms with Crippen LogP contribution in [0.3, 0.4) is 0 Å². The van der Waals surface area contributed by atoms with Crippen molar-refractivity contribution in [1.82, 2.24) is 20.4 Å². The Hall–Kier alpha value is -2.18. The summed E-state index contributed by atoms with van der Waals surface area (Å²) in [4.78, 5) is 12.2. The van der Waals surface area contributed by atoms with E-state index in [0.29, 0.717) is 25.1 Å². The van der Waals surface area contributed by atoms with Crippen molar-refractivity contribution in [2.75, 3.05) is 19.6 Å². The molecule has 1 saturated heterocycles. The summed E-state index contributed by atoms with van der Waals surface area (Å²) in [5.74, 6) is -0.164. The predicted molar refractivity (Wildman–Crippen MR) is 82.5 cm³/mol. The molecule has 0 bridgehead atoms. The summed E-state index contributed by atoms with van der Waals surface area (Å²) < 4.78 is 1.81. The lowest BCUT2D eigenvalue weighted by atomic mass is 10.0. The van der Waals surface area contributed by atoms with Crippen molar-refractivity contribution in [2.45, 2.75) is 18.6 Å². The lowest BCUT2D eigenvalue weighted by molar-refractivity contribution is 0.0562. The fourth-order valence-corrected chi connectivity index (χ4v) is 2.62. The molecule has 6 heteroatoms. The van der Waals surface area contributed by atoms with Gasteiger partial charge in [0, 0.05) is 31.0 Å². The lowest BCUT2D eigenvalue weighted by Gasteiger charge is -2.21. The van der Waals surface area contributed by atoms with Crippen LogP contribution >= 0.6 is 0 Å². The molecule has 3 rings (SSSR count). The van der Waals surface area contributed by atoms with Gasteiger partial charge in [-0.1, -0.05) is 12.1 Å². The van der Waals surface area contributed by atoms with Crippen LogP contribution in [0.25, 0.3) is 0 Å². The van der Waals surface area contributed by atoms with Crippen molar-refractivity contribution < 1.29 is 9.90 Å². The summed E-state index contributed by atoms with van der Waals surface area (Å²) in [5, 5.41) is 20.3. The van der Waals surface area contributed by atoms with Crippen LogP contribution in [0, 0.1) is 0 Å². The van der Waals surface area contributed by atoms with Crippen LogP contribution in [0.15, 0.2) is 42.7 Å². The summed E-state index contributed by atoms with van der Waals surface area (Å²) in [6, 6.07) is 9.33. The van der Waals surface area contributed by atoms with Gasteiger partial charge in [0.25, 0.3) is 5.91 Å². The van der Waals surface area contributed by atoms with Crippen LogP contribution in [0.4, 0.5) is 0 Å². The largest absolute Gasteiger partial charge is 0.387 e. The molecule has 1 fully saturated rings. The minimum Gasteiger partial charge on any atom is -0.387 e. The molecular formula is C16H20N4O2. The van der Waals surface area contributed by atoms with Gasteiger partial charge in [-0.05, 0) is 36.7 Å². The summed E-state index contributed by atoms with van der Waals surface area (Å²) in [7, 11) is 0. The number of amides is 1. The van der Waals surface area contributed by atoms with Gasteiger partial charge in [-0.2, -0.15) is 5.10 Å². The van der Waals surface area contributed by atoms with Crippen LogP contribution in [-0.2, 0) is 6.54 Å². The first-order valence-electron chi connectivity index (χ1n) is 7.42. The normalized spacial score (nSPS) is 21.0. The van der Waals surface area contributed by atoms with Crippen molar-refractivity contribution in [3.8, 4) is 0 Å². The van der Waals surface area contributed by atoms with E-state index in [1.165, 1.54) is 0 Å². The molecule has 6 nitrogen and oxygen atoms in total. The van der Waals surface area contributed by atoms with Crippen LogP contribution in [0.5, 0.6) is 0 Å². The van der Waals surface area contributed by atoms with Gasteiger partial charge >= 0.3 is 0 Å². The monoisotopic (exact) mass is 300 g/mol. The summed E-state index contributed by atoms with van der Waals surface area (Å²) in [6.45, 7) is 2.20. The topological polar surface area (TPSA) is 79.2 Å². The van der Waals surface area contributed by atoms with Crippen LogP contribution in [0.2, 0.25) is 0 Å². The van der Waals surface area contributed by atoms with Crippen LogP contribution in [0.1, 0.15) is 22.3 Å². The number of β-amino-alcohol motifs (C(OH)–C–C–N with tert-alkyl or cyclic N) is 1. The molecule has 2 aromatic rings. The molecule has 1 unspecified atom stereocenters. The van der Waals surface area contributed by atoms with Gasteiger partial charge in [-0.25, -0.2) is 0 Å². The molecule has 1 aliphatic rings. The highest BCUT2D eigenvalue weighted by molar-refractivity contribution is 5.94. The van der Waals surface area contributed by atoms with Crippen molar-refractivity contribution in [3.63, 3.8) is 0 Å². The summed E-state index contributed by atoms with van der Waals surface area (Å²) in [5.41, 5.74) is 0.777. The second-order valence-electron chi connectivity index (χ2n) is 5.74. The number of aliphatic hydroxyl groups is 1. The zero-order valence-electron chi connectivity index (χ0n) is 12.3. The molecule has 0 radical (unpaired) electrons. The number of nitrogens with zero attached hydrogens (tertiary/aromatic N) is 2. The zero-order valence-corrected chi connectivity index (χ0v) is 12.3. The molecule has 0 spiro atoms. The van der Waals surface area contributed by atoms with Crippen molar-refractivity contribution >= 4 is 5.91 Å². The molecule has 1 aliphatic heterocycles. The average molecular weight is 300 g/mol. The van der Waals surface area contributed by atoms with E-state index in [1.807, 2.05) is 35.1 Å². The highest BCUT2D eigenvalue weighted by atomic mass is 16.3. The van der Waals surface area contributed by atoms with E-state index in [2.05, 4.69) is 15.7 Å². The third-order valence-corrected chi connectivity index (χ3v) is 3.89. The van der Waals surface area contributed by atoms with Gasteiger partial charge in [-0.15, -0.1) is 0 Å². The second-order valence-corrected chi connectivity index (χ2v) is 5.74. The maximum atomic E-state index is 12.2. The van der Waals surface area contributed by atoms with E-state index in [4.69, 9.17) is 0 Å². The zero-order chi connectivity index (χ0) is 15.4. The Morgan fingerprint density at radius 1 is 1.45 bits per heavy atom. The van der Waals surface area contributed by atoms with Gasteiger partial charge < -0.3 is 15.7 Å². The van der Waals surface area contributed by atoms with E-state index >= 15 is 0 Å². The maximum Gasteiger partial charge on any atom is 0.251 e. The third kappa shape index (κ3) is 3.52. The lowest BCUT2D eigenvalue weighted by Crippen LogP contribution is -2.44. The molecule has 1 atom stereocenters. The number of benzene rings is 1. The first-order chi connectivity index (χ1) is 10.6. The second kappa shape index (κ2) is 6.29. The van der Waals surface area contributed by atoms with Crippen LogP contribution in [-0.4, -0.2) is 46.0 Å². The molecular weight excluding hydrogens is 280 g/mol. The maximum absolute atomic E-state index is 12.2. The highest BCUT2D eigenvalue weighted by Gasteiger charge is 2.31. The van der Waals surface area contributed by atoms with Gasteiger partial charge in [0.2, 0.25) is 0 Å². The molecule has 1 amide bonds. The Balaban J connectivity index is 1.62. The van der Waals surface area contributed by atoms with E-state index < -0.39 is 5.60 Å². The Bertz CT molecular complexity index is 633. The molecule has 1 aromatic carbocycles. The van der Waals surface area contributed by atoms with Gasteiger partial charge in [0.1, 0.15) is 0 Å². The van der Waals surface area contributed by atoms with Gasteiger partial charge in [0.15, 0.2) is 0 Å². The fourth-order valence-electron chi connectivity index (χ4n) is 2.62. The molecule has 22 heavy (non-hydrogen) atoms. The number of carbonyl (C=O) groups excluding carboxylic acids is 1. The van der Waals surface area contributed by atoms with Crippen molar-refractivity contribution in [2.24, 2.45) is 0 Å². The van der Waals surface area contributed by atoms with Crippen molar-refractivity contribution in [1.29, 1.82) is 0 Å². The van der Waals surface area contributed by atoms with Crippen molar-refractivity contribution in [3.05, 3.63) is 53.9 Å².